The fourth-order valence-corrected chi connectivity index (χ4v) is 7.82. The number of ether oxygens (including phenoxy) is 1. The van der Waals surface area contributed by atoms with E-state index in [0.29, 0.717) is 53.5 Å². The maximum Gasteiger partial charge on any atom is 0.341 e. The number of carboxylic acid groups (broad SMARTS) is 1. The summed E-state index contributed by atoms with van der Waals surface area (Å²) in [6, 6.07) is 9.12. The van der Waals surface area contributed by atoms with Gasteiger partial charge in [0.25, 0.3) is 0 Å². The van der Waals surface area contributed by atoms with E-state index < -0.39 is 17.3 Å². The molecule has 3 fully saturated rings. The normalized spacial score (nSPS) is 29.6. The number of carbonyl (C=O) groups is 1. The fourth-order valence-electron chi connectivity index (χ4n) is 6.77. The topological polar surface area (TPSA) is 84.9 Å². The van der Waals surface area contributed by atoms with Crippen LogP contribution >= 0.6 is 0 Å². The zero-order chi connectivity index (χ0) is 24.3. The smallest absolute Gasteiger partial charge is 0.341 e. The molecule has 0 aromatic heterocycles. The van der Waals surface area contributed by atoms with Crippen LogP contribution in [0.1, 0.15) is 66.4 Å². The second kappa shape index (κ2) is 8.98. The van der Waals surface area contributed by atoms with Gasteiger partial charge in [-0.3, -0.25) is 4.90 Å². The molecule has 1 aliphatic carbocycles. The molecule has 2 saturated heterocycles. The van der Waals surface area contributed by atoms with E-state index in [1.54, 1.807) is 12.1 Å². The first-order chi connectivity index (χ1) is 16.9. The van der Waals surface area contributed by atoms with Crippen LogP contribution in [0, 0.1) is 17.7 Å². The van der Waals surface area contributed by atoms with Gasteiger partial charge in [0.1, 0.15) is 34.2 Å². The quantitative estimate of drug-likeness (QED) is 0.525. The van der Waals surface area contributed by atoms with Crippen LogP contribution in [0.3, 0.4) is 0 Å². The van der Waals surface area contributed by atoms with Gasteiger partial charge in [0, 0.05) is 23.6 Å². The summed E-state index contributed by atoms with van der Waals surface area (Å²) < 4.78 is 36.4. The van der Waals surface area contributed by atoms with Crippen molar-refractivity contribution in [1.29, 1.82) is 0 Å². The van der Waals surface area contributed by atoms with Crippen molar-refractivity contribution in [1.82, 2.24) is 4.90 Å². The van der Waals surface area contributed by atoms with Crippen molar-refractivity contribution in [3.63, 3.8) is 0 Å². The fraction of sp³-hybridized carbons (Fsp3) is 0.519. The van der Waals surface area contributed by atoms with Crippen molar-refractivity contribution >= 4 is 23.0 Å². The number of carboxylic acids is 1. The molecule has 4 aliphatic rings. The van der Waals surface area contributed by atoms with Crippen LogP contribution in [-0.2, 0) is 17.8 Å². The highest BCUT2D eigenvalue weighted by Gasteiger charge is 2.45. The SMILES string of the molecule is CCN1[C@@H]2CC[C@H]1C[C@H](Cc1cc(F)ccc1[S+]([O-])Nc1ccc3c(c1C(=O)O)OC[C@@H]1C[C@H]31)C2. The summed E-state index contributed by atoms with van der Waals surface area (Å²) in [5.41, 5.74) is 1.94. The maximum atomic E-state index is 14.3. The van der Waals surface area contributed by atoms with E-state index in [2.05, 4.69) is 16.5 Å². The van der Waals surface area contributed by atoms with Crippen LogP contribution in [0.15, 0.2) is 35.2 Å². The van der Waals surface area contributed by atoms with Gasteiger partial charge >= 0.3 is 5.97 Å². The molecule has 2 aromatic carbocycles. The predicted octanol–water partition coefficient (Wildman–Crippen LogP) is 4.96. The molecule has 2 N–H and O–H groups in total. The second-order valence-electron chi connectivity index (χ2n) is 10.5. The van der Waals surface area contributed by atoms with Crippen LogP contribution in [0.2, 0.25) is 0 Å². The second-order valence-corrected chi connectivity index (χ2v) is 11.7. The summed E-state index contributed by atoms with van der Waals surface area (Å²) in [6.07, 6.45) is 6.29. The van der Waals surface area contributed by atoms with Crippen LogP contribution < -0.4 is 9.46 Å². The molecule has 0 radical (unpaired) electrons. The molecule has 6 atom stereocenters. The first kappa shape index (κ1) is 23.1. The molecule has 1 unspecified atom stereocenters. The van der Waals surface area contributed by atoms with Crippen molar-refractivity contribution in [2.75, 3.05) is 17.9 Å². The lowest BCUT2D eigenvalue weighted by Crippen LogP contribution is -2.43. The summed E-state index contributed by atoms with van der Waals surface area (Å²) in [5, 5.41) is 9.94. The molecule has 2 aromatic rings. The van der Waals surface area contributed by atoms with Gasteiger partial charge in [-0.25, -0.2) is 13.9 Å². The van der Waals surface area contributed by atoms with Gasteiger partial charge in [-0.2, -0.15) is 0 Å². The predicted molar refractivity (Wildman–Crippen MR) is 132 cm³/mol. The number of hydrogen-bond donors (Lipinski definition) is 2. The summed E-state index contributed by atoms with van der Waals surface area (Å²) in [7, 11) is 0. The summed E-state index contributed by atoms with van der Waals surface area (Å²) in [4.78, 5) is 15.3. The van der Waals surface area contributed by atoms with E-state index in [-0.39, 0.29) is 17.1 Å². The highest BCUT2D eigenvalue weighted by atomic mass is 32.2. The number of hydrogen-bond acceptors (Lipinski definition) is 5. The van der Waals surface area contributed by atoms with Gasteiger partial charge < -0.3 is 14.4 Å². The third-order valence-electron chi connectivity index (χ3n) is 8.45. The Bertz CT molecular complexity index is 1150. The average Bonchev–Trinajstić information content (AvgIpc) is 3.57. The van der Waals surface area contributed by atoms with Crippen LogP contribution in [0.5, 0.6) is 5.75 Å². The number of halogens is 1. The van der Waals surface area contributed by atoms with Crippen molar-refractivity contribution < 1.29 is 23.6 Å². The molecule has 8 heteroatoms. The third-order valence-corrected chi connectivity index (χ3v) is 9.65. The van der Waals surface area contributed by atoms with Crippen LogP contribution in [-0.4, -0.2) is 45.8 Å². The van der Waals surface area contributed by atoms with Crippen molar-refractivity contribution in [3.05, 3.63) is 52.8 Å². The number of benzene rings is 2. The highest BCUT2D eigenvalue weighted by molar-refractivity contribution is 7.92. The Morgan fingerprint density at radius 2 is 2.00 bits per heavy atom. The lowest BCUT2D eigenvalue weighted by molar-refractivity contribution is 0.0692. The number of fused-ring (bicyclic) bond motifs is 5. The Kier molecular flexibility index (Phi) is 5.93. The third kappa shape index (κ3) is 4.19. The van der Waals surface area contributed by atoms with Gasteiger partial charge in [-0.15, -0.1) is 0 Å². The van der Waals surface area contributed by atoms with E-state index >= 15 is 0 Å². The average molecular weight is 499 g/mol. The Morgan fingerprint density at radius 3 is 2.71 bits per heavy atom. The molecule has 6 nitrogen and oxygen atoms in total. The molecule has 3 heterocycles. The van der Waals surface area contributed by atoms with E-state index in [1.807, 2.05) is 6.07 Å². The number of aromatic carboxylic acids is 1. The Balaban J connectivity index is 1.25. The molecule has 35 heavy (non-hydrogen) atoms. The first-order valence-corrected chi connectivity index (χ1v) is 13.8. The zero-order valence-electron chi connectivity index (χ0n) is 19.8. The van der Waals surface area contributed by atoms with E-state index in [0.717, 1.165) is 36.9 Å². The standard InChI is InChI=1S/C27H31FN2O4S/c1-2-30-19-4-5-20(30)11-15(10-19)9-16-12-18(28)3-8-24(16)35(33)29-23-7-6-21-22-13-17(22)14-34-26(21)25(23)27(31)32/h3,6-8,12,15,17,19-20,22,29H,2,4-5,9-11,13-14H2,1H3,(H,31,32)/t15-,17-,19-,20+,22-,35?/m0/s1. The molecule has 0 spiro atoms. The number of anilines is 1. The van der Waals surface area contributed by atoms with E-state index in [1.165, 1.54) is 25.0 Å². The summed E-state index contributed by atoms with van der Waals surface area (Å²) >= 11 is -1.74. The summed E-state index contributed by atoms with van der Waals surface area (Å²) in [6.45, 7) is 3.80. The Hall–Kier alpha value is -2.29. The Morgan fingerprint density at radius 1 is 1.23 bits per heavy atom. The van der Waals surface area contributed by atoms with Gasteiger partial charge in [-0.05, 0) is 86.7 Å². The minimum Gasteiger partial charge on any atom is -0.588 e. The number of rotatable bonds is 7. The van der Waals surface area contributed by atoms with Gasteiger partial charge in [0.15, 0.2) is 4.90 Å². The molecular formula is C27H31FN2O4S. The Labute approximate surface area is 208 Å². The largest absolute Gasteiger partial charge is 0.588 e. The lowest BCUT2D eigenvalue weighted by atomic mass is 9.86. The van der Waals surface area contributed by atoms with E-state index in [4.69, 9.17) is 4.74 Å². The molecular weight excluding hydrogens is 467 g/mol. The first-order valence-electron chi connectivity index (χ1n) is 12.7. The van der Waals surface area contributed by atoms with Crippen molar-refractivity contribution in [2.45, 2.75) is 68.3 Å². The minimum absolute atomic E-state index is 0.0216. The van der Waals surface area contributed by atoms with Gasteiger partial charge in [0.05, 0.1) is 6.61 Å². The molecule has 3 aliphatic heterocycles. The highest BCUT2D eigenvalue weighted by Crippen LogP contribution is 2.55. The monoisotopic (exact) mass is 498 g/mol. The number of nitrogens with one attached hydrogen (secondary N) is 1. The molecule has 6 rings (SSSR count). The lowest BCUT2D eigenvalue weighted by Gasteiger charge is -2.38. The summed E-state index contributed by atoms with van der Waals surface area (Å²) in [5.74, 6) is 0.176. The van der Waals surface area contributed by atoms with E-state index in [9.17, 15) is 18.8 Å². The number of piperidine rings is 1. The van der Waals surface area contributed by atoms with Crippen molar-refractivity contribution in [2.24, 2.45) is 11.8 Å². The number of nitrogens with zero attached hydrogens (tertiary/aromatic N) is 1. The van der Waals surface area contributed by atoms with Gasteiger partial charge in [0.2, 0.25) is 0 Å². The maximum absolute atomic E-state index is 14.3. The molecule has 2 bridgehead atoms. The molecule has 0 amide bonds. The van der Waals surface area contributed by atoms with Gasteiger partial charge in [-0.1, -0.05) is 13.0 Å². The zero-order valence-corrected chi connectivity index (χ0v) is 20.7. The van der Waals surface area contributed by atoms with Crippen LogP contribution in [0.25, 0.3) is 0 Å². The molecule has 1 saturated carbocycles. The van der Waals surface area contributed by atoms with Crippen molar-refractivity contribution in [3.8, 4) is 5.75 Å². The minimum atomic E-state index is -1.74. The molecule has 186 valence electrons. The van der Waals surface area contributed by atoms with Crippen LogP contribution in [0.4, 0.5) is 10.1 Å².